The van der Waals surface area contributed by atoms with Crippen molar-refractivity contribution in [2.75, 3.05) is 26.4 Å². The summed E-state index contributed by atoms with van der Waals surface area (Å²) in [7, 11) is 0. The fourth-order valence-corrected chi connectivity index (χ4v) is 4.96. The first kappa shape index (κ1) is 33.6. The number of aliphatic hydroxyl groups is 1. The molecule has 10 heteroatoms. The molecule has 0 spiro atoms. The van der Waals surface area contributed by atoms with Crippen LogP contribution in [0, 0.1) is 5.41 Å². The minimum absolute atomic E-state index is 0.0228. The Labute approximate surface area is 263 Å². The molecule has 0 radical (unpaired) electrons. The highest BCUT2D eigenvalue weighted by Crippen LogP contribution is 2.28. The van der Waals surface area contributed by atoms with Crippen molar-refractivity contribution in [2.45, 2.75) is 35.0 Å². The SMILES string of the molecule is O=C(CC(S)c1ccccc1)OCC(CO)(COC(=O)CC(S)c1ccccc1)COC(=O)CC(S)c1ccccc1. The summed E-state index contributed by atoms with van der Waals surface area (Å²) in [4.78, 5) is 38.0. The minimum atomic E-state index is -1.38. The van der Waals surface area contributed by atoms with Gasteiger partial charge in [0.25, 0.3) is 0 Å². The third-order valence-electron chi connectivity index (χ3n) is 6.59. The van der Waals surface area contributed by atoms with E-state index in [1.165, 1.54) is 0 Å². The quantitative estimate of drug-likeness (QED) is 0.0907. The average Bonchev–Trinajstić information content (AvgIpc) is 3.02. The predicted molar refractivity (Wildman–Crippen MR) is 171 cm³/mol. The Morgan fingerprint density at radius 1 is 0.548 bits per heavy atom. The molecule has 0 saturated heterocycles. The van der Waals surface area contributed by atoms with Crippen LogP contribution in [0.15, 0.2) is 91.0 Å². The summed E-state index contributed by atoms with van der Waals surface area (Å²) in [5.74, 6) is -1.69. The van der Waals surface area contributed by atoms with Crippen molar-refractivity contribution in [3.8, 4) is 0 Å². The maximum absolute atomic E-state index is 12.7. The monoisotopic (exact) mass is 628 g/mol. The van der Waals surface area contributed by atoms with Gasteiger partial charge < -0.3 is 19.3 Å². The van der Waals surface area contributed by atoms with Crippen molar-refractivity contribution in [1.82, 2.24) is 0 Å². The molecule has 0 aromatic heterocycles. The fourth-order valence-electron chi connectivity index (χ4n) is 3.99. The van der Waals surface area contributed by atoms with Gasteiger partial charge in [-0.2, -0.15) is 37.9 Å². The number of esters is 3. The van der Waals surface area contributed by atoms with Gasteiger partial charge in [-0.25, -0.2) is 0 Å². The molecule has 0 heterocycles. The van der Waals surface area contributed by atoms with Gasteiger partial charge in [-0.3, -0.25) is 14.4 Å². The molecule has 3 aromatic carbocycles. The maximum Gasteiger partial charge on any atom is 0.307 e. The van der Waals surface area contributed by atoms with Crippen LogP contribution in [-0.2, 0) is 28.6 Å². The van der Waals surface area contributed by atoms with E-state index in [0.29, 0.717) is 0 Å². The second-order valence-corrected chi connectivity index (χ2v) is 11.9. The molecule has 42 heavy (non-hydrogen) atoms. The van der Waals surface area contributed by atoms with E-state index in [2.05, 4.69) is 37.9 Å². The molecule has 0 bridgehead atoms. The molecular formula is C32H36O7S3. The van der Waals surface area contributed by atoms with Crippen molar-refractivity contribution in [3.63, 3.8) is 0 Å². The van der Waals surface area contributed by atoms with Crippen LogP contribution in [0.2, 0.25) is 0 Å². The van der Waals surface area contributed by atoms with Crippen LogP contribution in [0.4, 0.5) is 0 Å². The van der Waals surface area contributed by atoms with Crippen molar-refractivity contribution in [2.24, 2.45) is 5.41 Å². The zero-order valence-corrected chi connectivity index (χ0v) is 25.8. The number of carbonyl (C=O) groups is 3. The molecule has 7 nitrogen and oxygen atoms in total. The molecule has 0 fully saturated rings. The average molecular weight is 629 g/mol. The molecule has 3 atom stereocenters. The Kier molecular flexibility index (Phi) is 13.8. The summed E-state index contributed by atoms with van der Waals surface area (Å²) in [5.41, 5.74) is 1.19. The van der Waals surface area contributed by atoms with Gasteiger partial charge in [-0.1, -0.05) is 91.0 Å². The third kappa shape index (κ3) is 11.1. The Balaban J connectivity index is 1.63. The lowest BCUT2D eigenvalue weighted by molar-refractivity contribution is -0.165. The van der Waals surface area contributed by atoms with Crippen LogP contribution in [-0.4, -0.2) is 49.4 Å². The van der Waals surface area contributed by atoms with Gasteiger partial charge in [0.2, 0.25) is 0 Å². The van der Waals surface area contributed by atoms with E-state index in [4.69, 9.17) is 14.2 Å². The van der Waals surface area contributed by atoms with Crippen molar-refractivity contribution < 1.29 is 33.7 Å². The summed E-state index contributed by atoms with van der Waals surface area (Å²) < 4.78 is 16.5. The van der Waals surface area contributed by atoms with Crippen LogP contribution in [0.1, 0.15) is 51.7 Å². The highest BCUT2D eigenvalue weighted by atomic mass is 32.1. The van der Waals surface area contributed by atoms with Crippen LogP contribution >= 0.6 is 37.9 Å². The van der Waals surface area contributed by atoms with Gasteiger partial charge in [0.1, 0.15) is 19.8 Å². The largest absolute Gasteiger partial charge is 0.465 e. The predicted octanol–water partition coefficient (Wildman–Crippen LogP) is 5.78. The first-order valence-electron chi connectivity index (χ1n) is 13.5. The molecule has 224 valence electrons. The lowest BCUT2D eigenvalue weighted by Crippen LogP contribution is -2.42. The molecule has 0 amide bonds. The highest BCUT2D eigenvalue weighted by molar-refractivity contribution is 7.80. The second-order valence-electron chi connectivity index (χ2n) is 10.0. The minimum Gasteiger partial charge on any atom is -0.465 e. The van der Waals surface area contributed by atoms with Gasteiger partial charge >= 0.3 is 17.9 Å². The van der Waals surface area contributed by atoms with Crippen LogP contribution in [0.3, 0.4) is 0 Å². The molecule has 0 aliphatic heterocycles. The van der Waals surface area contributed by atoms with E-state index in [1.807, 2.05) is 91.0 Å². The summed E-state index contributed by atoms with van der Waals surface area (Å²) in [5, 5.41) is 9.19. The van der Waals surface area contributed by atoms with E-state index in [9.17, 15) is 19.5 Å². The van der Waals surface area contributed by atoms with Gasteiger partial charge in [0.05, 0.1) is 31.3 Å². The lowest BCUT2D eigenvalue weighted by atomic mass is 9.92. The van der Waals surface area contributed by atoms with Crippen LogP contribution < -0.4 is 0 Å². The zero-order chi connectivity index (χ0) is 30.4. The second kappa shape index (κ2) is 17.3. The van der Waals surface area contributed by atoms with Crippen LogP contribution in [0.25, 0.3) is 0 Å². The number of aliphatic hydroxyl groups excluding tert-OH is 1. The van der Waals surface area contributed by atoms with Gasteiger partial charge in [0.15, 0.2) is 0 Å². The molecule has 3 rings (SSSR count). The summed E-state index contributed by atoms with van der Waals surface area (Å²) >= 11 is 13.5. The molecule has 0 aliphatic rings. The Hall–Kier alpha value is -2.92. The number of carbonyl (C=O) groups excluding carboxylic acids is 3. The molecule has 3 unspecified atom stereocenters. The third-order valence-corrected chi connectivity index (χ3v) is 8.03. The number of hydrogen-bond donors (Lipinski definition) is 4. The van der Waals surface area contributed by atoms with E-state index >= 15 is 0 Å². The number of benzene rings is 3. The van der Waals surface area contributed by atoms with Gasteiger partial charge in [0, 0.05) is 15.7 Å². The Bertz CT molecular complexity index is 1110. The molecule has 0 saturated carbocycles. The highest BCUT2D eigenvalue weighted by Gasteiger charge is 2.36. The van der Waals surface area contributed by atoms with Gasteiger partial charge in [-0.15, -0.1) is 0 Å². The number of rotatable bonds is 16. The molecule has 0 aliphatic carbocycles. The van der Waals surface area contributed by atoms with Crippen molar-refractivity contribution >= 4 is 55.8 Å². The summed E-state index contributed by atoms with van der Waals surface area (Å²) in [6.45, 7) is -1.60. The van der Waals surface area contributed by atoms with E-state index < -0.39 is 45.7 Å². The van der Waals surface area contributed by atoms with E-state index in [1.54, 1.807) is 0 Å². The van der Waals surface area contributed by atoms with Crippen LogP contribution in [0.5, 0.6) is 0 Å². The Morgan fingerprint density at radius 2 is 0.810 bits per heavy atom. The first-order chi connectivity index (χ1) is 20.2. The lowest BCUT2D eigenvalue weighted by Gasteiger charge is -2.30. The Morgan fingerprint density at radius 3 is 1.05 bits per heavy atom. The maximum atomic E-state index is 12.7. The molecule has 3 aromatic rings. The number of hydrogen-bond acceptors (Lipinski definition) is 10. The summed E-state index contributed by atoms with van der Waals surface area (Å²) in [6.07, 6.45) is -0.0684. The standard InChI is InChI=1S/C32H36O7S3/c33-19-32(20-37-29(34)16-26(40)23-10-4-1-5-11-23,21-38-30(35)17-27(41)24-12-6-2-7-13-24)22-39-31(36)18-28(42)25-14-8-3-9-15-25/h1-15,26-28,33,40-42H,16-22H2. The topological polar surface area (TPSA) is 99.1 Å². The fraction of sp³-hybridized carbons (Fsp3) is 0.344. The first-order valence-corrected chi connectivity index (χ1v) is 15.0. The molecular weight excluding hydrogens is 593 g/mol. The number of ether oxygens (including phenoxy) is 3. The molecule has 1 N–H and O–H groups in total. The van der Waals surface area contributed by atoms with E-state index in [-0.39, 0.29) is 39.1 Å². The smallest absolute Gasteiger partial charge is 0.307 e. The number of thiol groups is 3. The van der Waals surface area contributed by atoms with E-state index in [0.717, 1.165) is 16.7 Å². The summed E-state index contributed by atoms with van der Waals surface area (Å²) in [6, 6.07) is 27.9. The van der Waals surface area contributed by atoms with Crippen molar-refractivity contribution in [3.05, 3.63) is 108 Å². The normalized spacial score (nSPS) is 14.6. The zero-order valence-electron chi connectivity index (χ0n) is 23.1. The van der Waals surface area contributed by atoms with Gasteiger partial charge in [-0.05, 0) is 16.7 Å². The van der Waals surface area contributed by atoms with Crippen molar-refractivity contribution in [1.29, 1.82) is 0 Å².